The molecule has 2 aliphatic heterocycles. The Balaban J connectivity index is 1.53. The Morgan fingerprint density at radius 1 is 1.00 bits per heavy atom. The van der Waals surface area contributed by atoms with Crippen molar-refractivity contribution in [3.63, 3.8) is 0 Å². The number of nitrogens with zero attached hydrogens (tertiary/aromatic N) is 2. The third-order valence-electron chi connectivity index (χ3n) is 4.59. The fourth-order valence-electron chi connectivity index (χ4n) is 3.37. The zero-order valence-corrected chi connectivity index (χ0v) is 12.2. The van der Waals surface area contributed by atoms with Gasteiger partial charge in [0.15, 0.2) is 0 Å². The molecule has 19 heavy (non-hydrogen) atoms. The van der Waals surface area contributed by atoms with E-state index < -0.39 is 0 Å². The SMILES string of the molecule is N=C(N)CCCCN1CCC(CN2CCCC2)CC1. The van der Waals surface area contributed by atoms with Crippen molar-refractivity contribution in [3.8, 4) is 0 Å². The van der Waals surface area contributed by atoms with Crippen LogP contribution >= 0.6 is 0 Å². The normalized spacial score (nSPS) is 22.9. The molecule has 0 unspecified atom stereocenters. The predicted octanol–water partition coefficient (Wildman–Crippen LogP) is 1.90. The molecule has 110 valence electrons. The van der Waals surface area contributed by atoms with Gasteiger partial charge in [0.2, 0.25) is 0 Å². The van der Waals surface area contributed by atoms with Gasteiger partial charge in [-0.1, -0.05) is 0 Å². The first-order valence-corrected chi connectivity index (χ1v) is 8.01. The highest BCUT2D eigenvalue weighted by molar-refractivity contribution is 5.76. The number of unbranched alkanes of at least 4 members (excludes halogenated alkanes) is 1. The molecule has 0 spiro atoms. The minimum absolute atomic E-state index is 0.337. The second-order valence-electron chi connectivity index (χ2n) is 6.28. The summed E-state index contributed by atoms with van der Waals surface area (Å²) < 4.78 is 0. The van der Waals surface area contributed by atoms with E-state index in [1.54, 1.807) is 0 Å². The van der Waals surface area contributed by atoms with E-state index in [4.69, 9.17) is 11.1 Å². The average molecular weight is 266 g/mol. The van der Waals surface area contributed by atoms with Gasteiger partial charge in [-0.2, -0.15) is 0 Å². The molecule has 0 radical (unpaired) electrons. The Hall–Kier alpha value is -0.610. The van der Waals surface area contributed by atoms with Crippen LogP contribution in [0.1, 0.15) is 44.9 Å². The van der Waals surface area contributed by atoms with E-state index in [1.807, 2.05) is 0 Å². The van der Waals surface area contributed by atoms with Gasteiger partial charge in [0, 0.05) is 13.0 Å². The molecule has 2 rings (SSSR count). The second-order valence-corrected chi connectivity index (χ2v) is 6.28. The first-order valence-electron chi connectivity index (χ1n) is 8.01. The highest BCUT2D eigenvalue weighted by atomic mass is 15.2. The van der Waals surface area contributed by atoms with Gasteiger partial charge in [-0.05, 0) is 77.2 Å². The molecule has 0 aromatic carbocycles. The average Bonchev–Trinajstić information content (AvgIpc) is 2.89. The molecule has 0 saturated carbocycles. The zero-order valence-electron chi connectivity index (χ0n) is 12.2. The van der Waals surface area contributed by atoms with Crippen LogP contribution in [-0.2, 0) is 0 Å². The van der Waals surface area contributed by atoms with Crippen LogP contribution in [0.2, 0.25) is 0 Å². The lowest BCUT2D eigenvalue weighted by Crippen LogP contribution is -2.38. The summed E-state index contributed by atoms with van der Waals surface area (Å²) in [4.78, 5) is 5.26. The van der Waals surface area contributed by atoms with Crippen molar-refractivity contribution in [1.29, 1.82) is 5.41 Å². The lowest BCUT2D eigenvalue weighted by atomic mass is 9.96. The van der Waals surface area contributed by atoms with Crippen LogP contribution in [0.4, 0.5) is 0 Å². The number of amidine groups is 1. The topological polar surface area (TPSA) is 56.4 Å². The maximum absolute atomic E-state index is 7.21. The number of nitrogens with one attached hydrogen (secondary N) is 1. The van der Waals surface area contributed by atoms with Gasteiger partial charge in [0.25, 0.3) is 0 Å². The Labute approximate surface area is 117 Å². The quantitative estimate of drug-likeness (QED) is 0.420. The summed E-state index contributed by atoms with van der Waals surface area (Å²) in [5.74, 6) is 1.27. The molecular weight excluding hydrogens is 236 g/mol. The van der Waals surface area contributed by atoms with E-state index in [0.29, 0.717) is 5.84 Å². The van der Waals surface area contributed by atoms with Gasteiger partial charge in [0.05, 0.1) is 5.84 Å². The van der Waals surface area contributed by atoms with E-state index in [9.17, 15) is 0 Å². The summed E-state index contributed by atoms with van der Waals surface area (Å²) in [6, 6.07) is 0. The molecule has 0 aromatic rings. The maximum atomic E-state index is 7.21. The van der Waals surface area contributed by atoms with Crippen LogP contribution < -0.4 is 5.73 Å². The largest absolute Gasteiger partial charge is 0.388 e. The smallest absolute Gasteiger partial charge is 0.0905 e. The Morgan fingerprint density at radius 3 is 2.32 bits per heavy atom. The fourth-order valence-corrected chi connectivity index (χ4v) is 3.37. The molecule has 4 nitrogen and oxygen atoms in total. The summed E-state index contributed by atoms with van der Waals surface area (Å²) in [5.41, 5.74) is 5.37. The molecule has 0 aromatic heterocycles. The van der Waals surface area contributed by atoms with Gasteiger partial charge < -0.3 is 15.5 Å². The van der Waals surface area contributed by atoms with E-state index in [0.717, 1.165) is 18.8 Å². The van der Waals surface area contributed by atoms with Crippen molar-refractivity contribution in [2.45, 2.75) is 44.9 Å². The number of likely N-dealkylation sites (tertiary alicyclic amines) is 2. The van der Waals surface area contributed by atoms with E-state index in [1.165, 1.54) is 71.4 Å². The number of hydrogen-bond donors (Lipinski definition) is 2. The molecule has 2 fully saturated rings. The lowest BCUT2D eigenvalue weighted by Gasteiger charge is -2.33. The third-order valence-corrected chi connectivity index (χ3v) is 4.59. The van der Waals surface area contributed by atoms with Gasteiger partial charge >= 0.3 is 0 Å². The van der Waals surface area contributed by atoms with Crippen LogP contribution in [0.3, 0.4) is 0 Å². The minimum Gasteiger partial charge on any atom is -0.388 e. The van der Waals surface area contributed by atoms with Crippen molar-refractivity contribution in [3.05, 3.63) is 0 Å². The molecule has 2 heterocycles. The van der Waals surface area contributed by atoms with Crippen molar-refractivity contribution in [2.24, 2.45) is 11.7 Å². The molecule has 4 heteroatoms. The summed E-state index contributed by atoms with van der Waals surface area (Å²) in [5, 5.41) is 7.21. The maximum Gasteiger partial charge on any atom is 0.0905 e. The van der Waals surface area contributed by atoms with Crippen LogP contribution in [0.25, 0.3) is 0 Å². The summed E-state index contributed by atoms with van der Waals surface area (Å²) in [7, 11) is 0. The van der Waals surface area contributed by atoms with Crippen molar-refractivity contribution in [1.82, 2.24) is 9.80 Å². The minimum atomic E-state index is 0.337. The summed E-state index contributed by atoms with van der Waals surface area (Å²) >= 11 is 0. The number of piperidine rings is 1. The Kier molecular flexibility index (Phi) is 6.11. The van der Waals surface area contributed by atoms with Gasteiger partial charge in [-0.25, -0.2) is 0 Å². The van der Waals surface area contributed by atoms with Gasteiger partial charge in [0.1, 0.15) is 0 Å². The molecular formula is C15H30N4. The highest BCUT2D eigenvalue weighted by Gasteiger charge is 2.22. The molecule has 3 N–H and O–H groups in total. The molecule has 0 atom stereocenters. The molecule has 0 amide bonds. The number of hydrogen-bond acceptors (Lipinski definition) is 3. The van der Waals surface area contributed by atoms with Crippen LogP contribution in [0.5, 0.6) is 0 Å². The fraction of sp³-hybridized carbons (Fsp3) is 0.933. The summed E-state index contributed by atoms with van der Waals surface area (Å²) in [6.07, 6.45) is 8.61. The van der Waals surface area contributed by atoms with Crippen LogP contribution in [0, 0.1) is 11.3 Å². The number of nitrogens with two attached hydrogens (primary N) is 1. The predicted molar refractivity (Wildman–Crippen MR) is 80.6 cm³/mol. The molecule has 0 bridgehead atoms. The third kappa shape index (κ3) is 5.49. The second kappa shape index (κ2) is 7.85. The molecule has 0 aliphatic carbocycles. The summed E-state index contributed by atoms with van der Waals surface area (Å²) in [6.45, 7) is 7.77. The Bertz CT molecular complexity index is 265. The molecule has 2 aliphatic rings. The number of rotatable bonds is 7. The van der Waals surface area contributed by atoms with Crippen molar-refractivity contribution in [2.75, 3.05) is 39.3 Å². The van der Waals surface area contributed by atoms with Gasteiger partial charge in [-0.3, -0.25) is 5.41 Å². The van der Waals surface area contributed by atoms with Crippen molar-refractivity contribution < 1.29 is 0 Å². The van der Waals surface area contributed by atoms with Crippen LogP contribution in [-0.4, -0.2) is 54.9 Å². The first kappa shape index (κ1) is 14.8. The lowest BCUT2D eigenvalue weighted by molar-refractivity contribution is 0.152. The Morgan fingerprint density at radius 2 is 1.68 bits per heavy atom. The van der Waals surface area contributed by atoms with E-state index in [2.05, 4.69) is 9.80 Å². The zero-order chi connectivity index (χ0) is 13.5. The van der Waals surface area contributed by atoms with E-state index >= 15 is 0 Å². The standard InChI is InChI=1S/C15H30N4/c16-15(17)5-1-2-8-18-11-6-14(7-12-18)13-19-9-3-4-10-19/h14H,1-13H2,(H3,16,17). The molecule has 2 saturated heterocycles. The van der Waals surface area contributed by atoms with Gasteiger partial charge in [-0.15, -0.1) is 0 Å². The van der Waals surface area contributed by atoms with Crippen LogP contribution in [0.15, 0.2) is 0 Å². The van der Waals surface area contributed by atoms with E-state index in [-0.39, 0.29) is 0 Å². The first-order chi connectivity index (χ1) is 9.24. The van der Waals surface area contributed by atoms with Crippen molar-refractivity contribution >= 4 is 5.84 Å². The highest BCUT2D eigenvalue weighted by Crippen LogP contribution is 2.20. The monoisotopic (exact) mass is 266 g/mol.